The quantitative estimate of drug-likeness (QED) is 0.0999. The largest absolute Gasteiger partial charge is 0.488 e. The van der Waals surface area contributed by atoms with Crippen LogP contribution in [0.2, 0.25) is 0 Å². The number of anilines is 2. The van der Waals surface area contributed by atoms with E-state index in [1.54, 1.807) is 17.0 Å². The van der Waals surface area contributed by atoms with E-state index in [-0.39, 0.29) is 37.5 Å². The second-order valence-corrected chi connectivity index (χ2v) is 13.8. The van der Waals surface area contributed by atoms with Crippen LogP contribution in [-0.4, -0.2) is 25.9 Å². The molecular weight excluding hydrogens is 687 g/mol. The minimum absolute atomic E-state index is 0.0590. The van der Waals surface area contributed by atoms with Crippen molar-refractivity contribution in [3.05, 3.63) is 191 Å². The fourth-order valence-corrected chi connectivity index (χ4v) is 6.03. The highest BCUT2D eigenvalue weighted by atomic mass is 16.6. The van der Waals surface area contributed by atoms with Gasteiger partial charge in [0.05, 0.1) is 18.7 Å². The van der Waals surface area contributed by atoms with E-state index >= 15 is 0 Å². The number of hydrogen-bond donors (Lipinski definition) is 1. The average Bonchev–Trinajstić information content (AvgIpc) is 3.22. The predicted molar refractivity (Wildman–Crippen MR) is 219 cm³/mol. The molecule has 2 amide bonds. The van der Waals surface area contributed by atoms with E-state index < -0.39 is 0 Å². The molecule has 0 aliphatic carbocycles. The highest BCUT2D eigenvalue weighted by Crippen LogP contribution is 2.37. The number of benzene rings is 6. The average molecular weight is 734 g/mol. The van der Waals surface area contributed by atoms with Crippen molar-refractivity contribution in [3.63, 3.8) is 0 Å². The van der Waals surface area contributed by atoms with Crippen molar-refractivity contribution in [2.24, 2.45) is 0 Å². The van der Waals surface area contributed by atoms with Crippen LogP contribution in [0.1, 0.15) is 68.3 Å². The Balaban J connectivity index is 1.31. The van der Waals surface area contributed by atoms with Crippen LogP contribution in [0.5, 0.6) is 11.5 Å². The van der Waals surface area contributed by atoms with Gasteiger partial charge in [-0.1, -0.05) is 117 Å². The first-order valence-corrected chi connectivity index (χ1v) is 18.4. The molecule has 0 heterocycles. The van der Waals surface area contributed by atoms with E-state index in [1.807, 2.05) is 159 Å². The lowest BCUT2D eigenvalue weighted by Gasteiger charge is -2.26. The molecule has 280 valence electrons. The van der Waals surface area contributed by atoms with Crippen molar-refractivity contribution < 1.29 is 23.9 Å². The molecule has 8 nitrogen and oxygen atoms in total. The third kappa shape index (κ3) is 10.4. The summed E-state index contributed by atoms with van der Waals surface area (Å²) in [6, 6.07) is 48.3. The summed E-state index contributed by atoms with van der Waals surface area (Å²) < 4.78 is 12.9. The Morgan fingerprint density at radius 1 is 0.582 bits per heavy atom. The van der Waals surface area contributed by atoms with Crippen LogP contribution < -0.4 is 24.8 Å². The molecule has 55 heavy (non-hydrogen) atoms. The van der Waals surface area contributed by atoms with E-state index in [2.05, 4.69) is 19.3 Å². The van der Waals surface area contributed by atoms with E-state index in [0.717, 1.165) is 39.2 Å². The fraction of sp³-hybridized carbons (Fsp3) is 0.191. The van der Waals surface area contributed by atoms with Gasteiger partial charge in [0.1, 0.15) is 24.7 Å². The third-order valence-corrected chi connectivity index (χ3v) is 9.17. The van der Waals surface area contributed by atoms with Gasteiger partial charge in [0, 0.05) is 37.1 Å². The molecule has 0 radical (unpaired) electrons. The van der Waals surface area contributed by atoms with Crippen LogP contribution in [0, 0.1) is 0 Å². The van der Waals surface area contributed by atoms with Gasteiger partial charge in [-0.15, -0.1) is 0 Å². The maximum Gasteiger partial charge on any atom is 0.274 e. The topological polar surface area (TPSA) is 80.3 Å². The summed E-state index contributed by atoms with van der Waals surface area (Å²) in [5.74, 6) is 0.573. The number of carbonyl (C=O) groups is 2. The van der Waals surface area contributed by atoms with Crippen molar-refractivity contribution in [1.29, 1.82) is 0 Å². The summed E-state index contributed by atoms with van der Waals surface area (Å²) in [6.45, 7) is 5.33. The highest BCUT2D eigenvalue weighted by molar-refractivity contribution is 6.08. The molecule has 1 N–H and O–H groups in total. The molecule has 0 bridgehead atoms. The van der Waals surface area contributed by atoms with E-state index in [0.29, 0.717) is 29.2 Å². The van der Waals surface area contributed by atoms with Crippen molar-refractivity contribution in [2.75, 3.05) is 23.9 Å². The van der Waals surface area contributed by atoms with Gasteiger partial charge in [-0.05, 0) is 76.2 Å². The number of rotatable bonds is 16. The Morgan fingerprint density at radius 2 is 1.09 bits per heavy atom. The predicted octanol–water partition coefficient (Wildman–Crippen LogP) is 9.74. The monoisotopic (exact) mass is 733 g/mol. The Labute approximate surface area is 323 Å². The zero-order valence-electron chi connectivity index (χ0n) is 31.8. The zero-order valence-corrected chi connectivity index (χ0v) is 31.8. The first-order valence-electron chi connectivity index (χ1n) is 18.4. The molecule has 0 saturated carbocycles. The molecule has 0 saturated heterocycles. The van der Waals surface area contributed by atoms with Crippen LogP contribution in [-0.2, 0) is 31.2 Å². The summed E-state index contributed by atoms with van der Waals surface area (Å²) in [5.41, 5.74) is 9.82. The maximum atomic E-state index is 15.0. The van der Waals surface area contributed by atoms with E-state index in [9.17, 15) is 9.59 Å². The maximum absolute atomic E-state index is 15.0. The van der Waals surface area contributed by atoms with Crippen molar-refractivity contribution >= 4 is 23.2 Å². The molecule has 0 aliphatic heterocycles. The molecule has 0 atom stereocenters. The van der Waals surface area contributed by atoms with Crippen molar-refractivity contribution in [1.82, 2.24) is 5.48 Å². The molecule has 0 spiro atoms. The highest BCUT2D eigenvalue weighted by Gasteiger charge is 2.26. The van der Waals surface area contributed by atoms with Gasteiger partial charge in [-0.25, -0.2) is 5.48 Å². The second kappa shape index (κ2) is 18.6. The minimum atomic E-state index is -0.356. The number of nitrogens with zero attached hydrogens (tertiary/aromatic N) is 2. The number of amides is 2. The van der Waals surface area contributed by atoms with Crippen LogP contribution in [0.25, 0.3) is 0 Å². The lowest BCUT2D eigenvalue weighted by molar-refractivity contribution is 0.0233. The van der Waals surface area contributed by atoms with E-state index in [4.69, 9.17) is 14.3 Å². The second-order valence-electron chi connectivity index (χ2n) is 13.8. The smallest absolute Gasteiger partial charge is 0.274 e. The van der Waals surface area contributed by atoms with Gasteiger partial charge in [0.15, 0.2) is 0 Å². The number of carbonyl (C=O) groups excluding carboxylic acids is 2. The molecule has 0 aliphatic rings. The lowest BCUT2D eigenvalue weighted by Crippen LogP contribution is -2.31. The zero-order chi connectivity index (χ0) is 38.6. The van der Waals surface area contributed by atoms with Gasteiger partial charge in [-0.2, -0.15) is 0 Å². The Morgan fingerprint density at radius 3 is 1.62 bits per heavy atom. The molecule has 6 rings (SSSR count). The normalized spacial score (nSPS) is 10.9. The van der Waals surface area contributed by atoms with Gasteiger partial charge < -0.3 is 19.3 Å². The molecule has 0 unspecified atom stereocenters. The van der Waals surface area contributed by atoms with Crippen LogP contribution in [0.15, 0.2) is 152 Å². The number of hydroxylamine groups is 1. The number of nitrogens with one attached hydrogen (secondary N) is 1. The van der Waals surface area contributed by atoms with Crippen LogP contribution in [0.4, 0.5) is 11.4 Å². The fourth-order valence-electron chi connectivity index (χ4n) is 6.03. The van der Waals surface area contributed by atoms with Gasteiger partial charge in [0.2, 0.25) is 0 Å². The van der Waals surface area contributed by atoms with Gasteiger partial charge in [-0.3, -0.25) is 14.4 Å². The molecule has 0 aromatic heterocycles. The number of hydrogen-bond acceptors (Lipinski definition) is 6. The van der Waals surface area contributed by atoms with Crippen LogP contribution >= 0.6 is 0 Å². The molecular formula is C47H47N3O5. The first kappa shape index (κ1) is 38.3. The summed E-state index contributed by atoms with van der Waals surface area (Å²) >= 11 is 0. The first-order chi connectivity index (χ1) is 26.7. The SMILES string of the molecule is CC(C)c1cc(C(=O)N(Cc2ccc(C(=O)NOCc3ccccc3)cc2)c2ccc(N(C)C)cc2)c(OCc2ccccc2)cc1OCc1ccccc1. The van der Waals surface area contributed by atoms with Crippen molar-refractivity contribution in [3.8, 4) is 11.5 Å². The lowest BCUT2D eigenvalue weighted by atomic mass is 9.97. The van der Waals surface area contributed by atoms with Gasteiger partial charge in [0.25, 0.3) is 11.8 Å². The molecule has 8 heteroatoms. The third-order valence-electron chi connectivity index (χ3n) is 9.17. The summed E-state index contributed by atoms with van der Waals surface area (Å²) in [6.07, 6.45) is 0. The summed E-state index contributed by atoms with van der Waals surface area (Å²) in [7, 11) is 3.96. The van der Waals surface area contributed by atoms with Crippen LogP contribution in [0.3, 0.4) is 0 Å². The standard InChI is InChI=1S/C47H47N3O5/c1-34(2)42-28-43(45(54-32-37-16-10-6-11-17-37)29-44(42)53-31-36-14-8-5-9-15-36)47(52)50(41-26-24-40(25-27-41)49(3)4)30-35-20-22-39(23-21-35)46(51)48-55-33-38-18-12-7-13-19-38/h5-29,34H,30-33H2,1-4H3,(H,48,51). The number of ether oxygens (including phenoxy) is 2. The molecule has 6 aromatic carbocycles. The van der Waals surface area contributed by atoms with E-state index in [1.165, 1.54) is 0 Å². The molecule has 6 aromatic rings. The molecule has 0 fully saturated rings. The Bertz CT molecular complexity index is 2140. The van der Waals surface area contributed by atoms with Crippen molar-refractivity contribution in [2.45, 2.75) is 46.1 Å². The summed E-state index contributed by atoms with van der Waals surface area (Å²) in [4.78, 5) is 37.1. The van der Waals surface area contributed by atoms with Gasteiger partial charge >= 0.3 is 0 Å². The minimum Gasteiger partial charge on any atom is -0.488 e. The summed E-state index contributed by atoms with van der Waals surface area (Å²) in [5, 5.41) is 0. The Hall–Kier alpha value is -6.38. The Kier molecular flexibility index (Phi) is 13.0.